The molecule has 1 N–H and O–H groups in total. The maximum atomic E-state index is 5.70. The second-order valence-electron chi connectivity index (χ2n) is 4.75. The van der Waals surface area contributed by atoms with Crippen LogP contribution in [0.4, 0.5) is 5.82 Å². The Balaban J connectivity index is 2.06. The molecule has 0 unspecified atom stereocenters. The molecule has 0 bridgehead atoms. The van der Waals surface area contributed by atoms with E-state index in [0.29, 0.717) is 19.8 Å². The van der Waals surface area contributed by atoms with Gasteiger partial charge in [0, 0.05) is 19.9 Å². The molecule has 0 aliphatic rings. The van der Waals surface area contributed by atoms with E-state index in [1.165, 1.54) is 11.1 Å². The minimum Gasteiger partial charge on any atom is -0.490 e. The van der Waals surface area contributed by atoms with Crippen LogP contribution in [0.15, 0.2) is 42.6 Å². The maximum Gasteiger partial charge on any atom is 0.169 e. The quantitative estimate of drug-likeness (QED) is 0.804. The molecule has 2 aromatic rings. The van der Waals surface area contributed by atoms with E-state index in [2.05, 4.69) is 29.4 Å². The summed E-state index contributed by atoms with van der Waals surface area (Å²) in [6.07, 6.45) is 2.74. The molecule has 2 rings (SSSR count). The Kier molecular flexibility index (Phi) is 6.03. The van der Waals surface area contributed by atoms with E-state index in [4.69, 9.17) is 9.47 Å². The molecule has 0 atom stereocenters. The molecule has 0 saturated carbocycles. The monoisotopic (exact) mass is 286 g/mol. The zero-order valence-corrected chi connectivity index (χ0v) is 12.6. The number of methoxy groups -OCH3 is 1. The molecule has 0 aliphatic heterocycles. The molecule has 4 nitrogen and oxygen atoms in total. The Morgan fingerprint density at radius 2 is 1.90 bits per heavy atom. The lowest BCUT2D eigenvalue weighted by molar-refractivity contribution is 0.184. The van der Waals surface area contributed by atoms with Crippen LogP contribution in [-0.2, 0) is 17.9 Å². The molecular weight excluding hydrogens is 264 g/mol. The number of hydrogen-bond acceptors (Lipinski definition) is 4. The highest BCUT2D eigenvalue weighted by atomic mass is 16.5. The topological polar surface area (TPSA) is 43.4 Å². The van der Waals surface area contributed by atoms with Gasteiger partial charge >= 0.3 is 0 Å². The van der Waals surface area contributed by atoms with Gasteiger partial charge in [0.05, 0.1) is 13.2 Å². The average molecular weight is 286 g/mol. The van der Waals surface area contributed by atoms with Gasteiger partial charge in [-0.25, -0.2) is 4.98 Å². The van der Waals surface area contributed by atoms with E-state index in [1.54, 1.807) is 13.3 Å². The third-order valence-corrected chi connectivity index (χ3v) is 3.10. The minimum atomic E-state index is 0.610. The van der Waals surface area contributed by atoms with Gasteiger partial charge < -0.3 is 14.8 Å². The van der Waals surface area contributed by atoms with E-state index in [9.17, 15) is 0 Å². The van der Waals surface area contributed by atoms with Crippen molar-refractivity contribution >= 4 is 5.82 Å². The van der Waals surface area contributed by atoms with Crippen molar-refractivity contribution in [2.75, 3.05) is 19.0 Å². The number of rotatable bonds is 8. The molecule has 0 spiro atoms. The zero-order chi connectivity index (χ0) is 14.9. The van der Waals surface area contributed by atoms with Crippen molar-refractivity contribution in [3.63, 3.8) is 0 Å². The Bertz CT molecular complexity index is 558. The molecule has 0 amide bonds. The van der Waals surface area contributed by atoms with Crippen molar-refractivity contribution in [1.29, 1.82) is 0 Å². The average Bonchev–Trinajstić information content (AvgIpc) is 2.53. The lowest BCUT2D eigenvalue weighted by Crippen LogP contribution is -2.07. The highest BCUT2D eigenvalue weighted by Gasteiger charge is 2.06. The smallest absolute Gasteiger partial charge is 0.169 e. The van der Waals surface area contributed by atoms with E-state index < -0.39 is 0 Å². The van der Waals surface area contributed by atoms with Gasteiger partial charge in [0.15, 0.2) is 11.6 Å². The van der Waals surface area contributed by atoms with E-state index in [1.807, 2.05) is 24.3 Å². The predicted octanol–water partition coefficient (Wildman–Crippen LogP) is 3.63. The molecular formula is C17H22N2O2. The summed E-state index contributed by atoms with van der Waals surface area (Å²) < 4.78 is 10.9. The summed E-state index contributed by atoms with van der Waals surface area (Å²) in [6.45, 7) is 4.09. The molecule has 0 fully saturated rings. The van der Waals surface area contributed by atoms with Crippen LogP contribution in [0.25, 0.3) is 0 Å². The minimum absolute atomic E-state index is 0.610. The number of pyridine rings is 1. The van der Waals surface area contributed by atoms with Crippen LogP contribution in [0.2, 0.25) is 0 Å². The number of nitrogens with one attached hydrogen (secondary N) is 1. The summed E-state index contributed by atoms with van der Waals surface area (Å²) >= 11 is 0. The number of benzene rings is 1. The van der Waals surface area contributed by atoms with E-state index in [0.717, 1.165) is 18.0 Å². The van der Waals surface area contributed by atoms with Crippen molar-refractivity contribution < 1.29 is 9.47 Å². The number of nitrogens with zero attached hydrogens (tertiary/aromatic N) is 1. The van der Waals surface area contributed by atoms with Crippen LogP contribution in [0.3, 0.4) is 0 Å². The number of aromatic nitrogens is 1. The fourth-order valence-electron chi connectivity index (χ4n) is 2.06. The summed E-state index contributed by atoms with van der Waals surface area (Å²) in [5, 5.41) is 3.35. The Hall–Kier alpha value is -2.07. The Labute approximate surface area is 126 Å². The van der Waals surface area contributed by atoms with Crippen LogP contribution < -0.4 is 10.1 Å². The first-order valence-corrected chi connectivity index (χ1v) is 7.22. The molecule has 0 radical (unpaired) electrons. The van der Waals surface area contributed by atoms with Crippen LogP contribution >= 0.6 is 0 Å². The molecule has 0 aliphatic carbocycles. The molecule has 112 valence electrons. The van der Waals surface area contributed by atoms with Gasteiger partial charge in [0.2, 0.25) is 0 Å². The first kappa shape index (κ1) is 15.3. The molecule has 1 aromatic carbocycles. The van der Waals surface area contributed by atoms with E-state index >= 15 is 0 Å². The van der Waals surface area contributed by atoms with Gasteiger partial charge in [-0.15, -0.1) is 0 Å². The highest BCUT2D eigenvalue weighted by molar-refractivity contribution is 5.50. The predicted molar refractivity (Wildman–Crippen MR) is 84.5 cm³/mol. The second kappa shape index (κ2) is 8.27. The molecule has 0 saturated heterocycles. The maximum absolute atomic E-state index is 5.70. The van der Waals surface area contributed by atoms with Gasteiger partial charge in [-0.05, 0) is 29.7 Å². The third-order valence-electron chi connectivity index (χ3n) is 3.10. The zero-order valence-electron chi connectivity index (χ0n) is 12.6. The van der Waals surface area contributed by atoms with Gasteiger partial charge in [0.1, 0.15) is 0 Å². The van der Waals surface area contributed by atoms with Crippen molar-refractivity contribution in [3.8, 4) is 5.75 Å². The molecule has 1 heterocycles. The Morgan fingerprint density at radius 1 is 1.10 bits per heavy atom. The van der Waals surface area contributed by atoms with Crippen molar-refractivity contribution in [3.05, 3.63) is 53.7 Å². The molecule has 4 heteroatoms. The molecule has 21 heavy (non-hydrogen) atoms. The number of anilines is 1. The fraction of sp³-hybridized carbons (Fsp3) is 0.353. The lowest BCUT2D eigenvalue weighted by Gasteiger charge is -2.13. The van der Waals surface area contributed by atoms with Crippen LogP contribution in [0.5, 0.6) is 5.75 Å². The lowest BCUT2D eigenvalue weighted by atomic mass is 10.1. The standard InChI is InChI=1S/C17H22N2O2/c1-3-11-21-16-9-6-10-18-17(16)19-12-14-7-4-5-8-15(14)13-20-2/h4-10H,3,11-13H2,1-2H3,(H,18,19). The van der Waals surface area contributed by atoms with Gasteiger partial charge in [-0.1, -0.05) is 31.2 Å². The summed E-state index contributed by atoms with van der Waals surface area (Å²) in [5.74, 6) is 1.57. The third kappa shape index (κ3) is 4.46. The summed E-state index contributed by atoms with van der Waals surface area (Å²) in [6, 6.07) is 12.0. The first-order chi connectivity index (χ1) is 10.3. The first-order valence-electron chi connectivity index (χ1n) is 7.22. The molecule has 1 aromatic heterocycles. The van der Waals surface area contributed by atoms with Crippen molar-refractivity contribution in [2.45, 2.75) is 26.5 Å². The SMILES string of the molecule is CCCOc1cccnc1NCc1ccccc1COC. The van der Waals surface area contributed by atoms with E-state index in [-0.39, 0.29) is 0 Å². The van der Waals surface area contributed by atoms with Gasteiger partial charge in [-0.3, -0.25) is 0 Å². The largest absolute Gasteiger partial charge is 0.490 e. The second-order valence-corrected chi connectivity index (χ2v) is 4.75. The van der Waals surface area contributed by atoms with Crippen molar-refractivity contribution in [2.24, 2.45) is 0 Å². The normalized spacial score (nSPS) is 10.4. The number of hydrogen-bond donors (Lipinski definition) is 1. The van der Waals surface area contributed by atoms with Gasteiger partial charge in [0.25, 0.3) is 0 Å². The summed E-state index contributed by atoms with van der Waals surface area (Å²) in [4.78, 5) is 4.35. The summed E-state index contributed by atoms with van der Waals surface area (Å²) in [5.41, 5.74) is 2.38. The van der Waals surface area contributed by atoms with Crippen LogP contribution in [0, 0.1) is 0 Å². The summed E-state index contributed by atoms with van der Waals surface area (Å²) in [7, 11) is 1.71. The van der Waals surface area contributed by atoms with Gasteiger partial charge in [-0.2, -0.15) is 0 Å². The van der Waals surface area contributed by atoms with Crippen molar-refractivity contribution in [1.82, 2.24) is 4.98 Å². The Morgan fingerprint density at radius 3 is 2.67 bits per heavy atom. The number of ether oxygens (including phenoxy) is 2. The van der Waals surface area contributed by atoms with Crippen LogP contribution in [-0.4, -0.2) is 18.7 Å². The highest BCUT2D eigenvalue weighted by Crippen LogP contribution is 2.22. The fourth-order valence-corrected chi connectivity index (χ4v) is 2.06. The van der Waals surface area contributed by atoms with Crippen LogP contribution in [0.1, 0.15) is 24.5 Å².